The van der Waals surface area contributed by atoms with Gasteiger partial charge in [-0.1, -0.05) is 29.8 Å². The second-order valence-electron chi connectivity index (χ2n) is 10.2. The first-order valence-electron chi connectivity index (χ1n) is 13.3. The SMILES string of the molecule is CC(OC(=O)c1c2c(nc3ccccc13)CCN(C(C)C)C2)C(=O)Nc1ccc(S(=O)(=O)Nc2ccc(Cl)nn2)cc1. The van der Waals surface area contributed by atoms with Crippen molar-refractivity contribution in [2.45, 2.75) is 50.8 Å². The molecule has 13 heteroatoms. The maximum Gasteiger partial charge on any atom is 0.339 e. The summed E-state index contributed by atoms with van der Waals surface area (Å²) in [5.74, 6) is -1.16. The zero-order valence-corrected chi connectivity index (χ0v) is 24.7. The summed E-state index contributed by atoms with van der Waals surface area (Å²) in [5, 5.41) is 10.8. The zero-order valence-electron chi connectivity index (χ0n) is 23.2. The Kier molecular flexibility index (Phi) is 8.39. The molecule has 4 aromatic rings. The molecule has 0 aliphatic carbocycles. The fourth-order valence-corrected chi connectivity index (χ4v) is 5.78. The van der Waals surface area contributed by atoms with E-state index in [1.807, 2.05) is 24.3 Å². The minimum absolute atomic E-state index is 0.00701. The molecule has 3 heterocycles. The van der Waals surface area contributed by atoms with Crippen LogP contribution in [0.2, 0.25) is 5.15 Å². The quantitative estimate of drug-likeness (QED) is 0.278. The van der Waals surface area contributed by atoms with Gasteiger partial charge in [-0.05, 0) is 63.2 Å². The molecule has 0 radical (unpaired) electrons. The lowest BCUT2D eigenvalue weighted by Crippen LogP contribution is -2.37. The number of carbonyl (C=O) groups excluding carboxylic acids is 2. The summed E-state index contributed by atoms with van der Waals surface area (Å²) < 4.78 is 33.3. The Morgan fingerprint density at radius 1 is 1.00 bits per heavy atom. The van der Waals surface area contributed by atoms with E-state index in [1.165, 1.54) is 43.3 Å². The molecule has 0 spiro atoms. The first-order chi connectivity index (χ1) is 20.0. The number of carbonyl (C=O) groups is 2. The third-order valence-electron chi connectivity index (χ3n) is 6.97. The fraction of sp³-hybridized carbons (Fsp3) is 0.276. The molecular weight excluding hydrogens is 580 g/mol. The maximum atomic E-state index is 13.6. The molecule has 2 aromatic heterocycles. The van der Waals surface area contributed by atoms with Gasteiger partial charge in [0.15, 0.2) is 17.1 Å². The fourth-order valence-electron chi connectivity index (χ4n) is 4.69. The number of anilines is 2. The predicted octanol–water partition coefficient (Wildman–Crippen LogP) is 4.43. The Balaban J connectivity index is 1.29. The van der Waals surface area contributed by atoms with Crippen molar-refractivity contribution in [3.63, 3.8) is 0 Å². The van der Waals surface area contributed by atoms with Crippen molar-refractivity contribution in [3.8, 4) is 0 Å². The minimum atomic E-state index is -3.96. The number of para-hydroxylation sites is 1. The summed E-state index contributed by atoms with van der Waals surface area (Å²) in [5.41, 5.74) is 3.13. The third-order valence-corrected chi connectivity index (χ3v) is 8.54. The lowest BCUT2D eigenvalue weighted by Gasteiger charge is -2.32. The standard InChI is InChI=1S/C29H29ClN6O5S/c1-17(2)36-15-14-24-22(16-36)27(21-6-4-5-7-23(21)32-24)29(38)41-18(3)28(37)31-19-8-10-20(11-9-19)42(39,40)35-26-13-12-25(30)33-34-26/h4-13,17-18H,14-16H2,1-3H3,(H,31,37)(H,34,35). The van der Waals surface area contributed by atoms with E-state index in [4.69, 9.17) is 21.3 Å². The van der Waals surface area contributed by atoms with E-state index >= 15 is 0 Å². The highest BCUT2D eigenvalue weighted by atomic mass is 35.5. The topological polar surface area (TPSA) is 143 Å². The predicted molar refractivity (Wildman–Crippen MR) is 159 cm³/mol. The second-order valence-corrected chi connectivity index (χ2v) is 12.2. The van der Waals surface area contributed by atoms with Gasteiger partial charge < -0.3 is 10.1 Å². The Labute approximate surface area is 248 Å². The van der Waals surface area contributed by atoms with Gasteiger partial charge in [-0.3, -0.25) is 19.4 Å². The molecule has 0 fully saturated rings. The van der Waals surface area contributed by atoms with Crippen LogP contribution in [-0.2, 0) is 32.5 Å². The summed E-state index contributed by atoms with van der Waals surface area (Å²) in [6, 6.07) is 16.0. The number of halogens is 1. The van der Waals surface area contributed by atoms with Crippen molar-refractivity contribution in [2.75, 3.05) is 16.6 Å². The summed E-state index contributed by atoms with van der Waals surface area (Å²) >= 11 is 5.69. The van der Waals surface area contributed by atoms with Gasteiger partial charge >= 0.3 is 5.97 Å². The maximum absolute atomic E-state index is 13.6. The number of nitrogens with one attached hydrogen (secondary N) is 2. The number of ether oxygens (including phenoxy) is 1. The average Bonchev–Trinajstić information content (AvgIpc) is 2.96. The third kappa shape index (κ3) is 6.35. The van der Waals surface area contributed by atoms with Crippen LogP contribution < -0.4 is 10.0 Å². The molecule has 1 aliphatic heterocycles. The van der Waals surface area contributed by atoms with E-state index in [-0.39, 0.29) is 15.9 Å². The molecule has 11 nitrogen and oxygen atoms in total. The summed E-state index contributed by atoms with van der Waals surface area (Å²) in [7, 11) is -3.96. The number of aromatic nitrogens is 3. The van der Waals surface area contributed by atoms with Crippen LogP contribution in [0.1, 0.15) is 42.4 Å². The lowest BCUT2D eigenvalue weighted by molar-refractivity contribution is -0.123. The van der Waals surface area contributed by atoms with Crippen molar-refractivity contribution in [2.24, 2.45) is 0 Å². The monoisotopic (exact) mass is 608 g/mol. The molecule has 1 unspecified atom stereocenters. The van der Waals surface area contributed by atoms with E-state index in [0.29, 0.717) is 41.2 Å². The van der Waals surface area contributed by atoms with Gasteiger partial charge in [0.1, 0.15) is 0 Å². The molecule has 0 saturated heterocycles. The minimum Gasteiger partial charge on any atom is -0.449 e. The highest BCUT2D eigenvalue weighted by molar-refractivity contribution is 7.92. The van der Waals surface area contributed by atoms with Gasteiger partial charge in [-0.15, -0.1) is 10.2 Å². The number of sulfonamides is 1. The number of nitrogens with zero attached hydrogens (tertiary/aromatic N) is 4. The van der Waals surface area contributed by atoms with Crippen LogP contribution >= 0.6 is 11.6 Å². The number of hydrogen-bond donors (Lipinski definition) is 2. The molecule has 1 aliphatic rings. The molecule has 1 amide bonds. The average molecular weight is 609 g/mol. The van der Waals surface area contributed by atoms with Crippen LogP contribution in [0, 0.1) is 0 Å². The van der Waals surface area contributed by atoms with Crippen LogP contribution in [0.25, 0.3) is 10.9 Å². The molecule has 0 saturated carbocycles. The highest BCUT2D eigenvalue weighted by Crippen LogP contribution is 2.30. The van der Waals surface area contributed by atoms with Crippen LogP contribution in [0.3, 0.4) is 0 Å². The van der Waals surface area contributed by atoms with Crippen LogP contribution in [-0.4, -0.2) is 59.1 Å². The van der Waals surface area contributed by atoms with E-state index in [9.17, 15) is 18.0 Å². The number of pyridine rings is 1. The van der Waals surface area contributed by atoms with Gasteiger partial charge in [-0.25, -0.2) is 13.2 Å². The zero-order chi connectivity index (χ0) is 30.0. The van der Waals surface area contributed by atoms with Crippen LogP contribution in [0.5, 0.6) is 0 Å². The number of rotatable bonds is 8. The summed E-state index contributed by atoms with van der Waals surface area (Å²) in [4.78, 5) is 33.5. The number of fused-ring (bicyclic) bond motifs is 2. The summed E-state index contributed by atoms with van der Waals surface area (Å²) in [6.45, 7) is 7.10. The van der Waals surface area contributed by atoms with E-state index in [2.05, 4.69) is 39.0 Å². The van der Waals surface area contributed by atoms with Gasteiger partial charge in [0.05, 0.1) is 16.0 Å². The Bertz CT molecular complexity index is 1750. The van der Waals surface area contributed by atoms with Crippen molar-refractivity contribution < 1.29 is 22.7 Å². The van der Waals surface area contributed by atoms with Crippen molar-refractivity contribution >= 4 is 55.9 Å². The van der Waals surface area contributed by atoms with Crippen LogP contribution in [0.4, 0.5) is 11.5 Å². The van der Waals surface area contributed by atoms with Crippen LogP contribution in [0.15, 0.2) is 65.6 Å². The molecule has 42 heavy (non-hydrogen) atoms. The molecule has 218 valence electrons. The Morgan fingerprint density at radius 2 is 1.74 bits per heavy atom. The highest BCUT2D eigenvalue weighted by Gasteiger charge is 2.29. The molecule has 5 rings (SSSR count). The molecule has 2 N–H and O–H groups in total. The van der Waals surface area contributed by atoms with Crippen molar-refractivity contribution in [1.82, 2.24) is 20.1 Å². The Hall–Kier alpha value is -4.13. The number of hydrogen-bond acceptors (Lipinski definition) is 9. The number of amides is 1. The van der Waals surface area contributed by atoms with E-state index in [1.54, 1.807) is 0 Å². The molecule has 1 atom stereocenters. The smallest absolute Gasteiger partial charge is 0.339 e. The normalized spacial score (nSPS) is 14.3. The van der Waals surface area contributed by atoms with E-state index in [0.717, 1.165) is 17.8 Å². The summed E-state index contributed by atoms with van der Waals surface area (Å²) in [6.07, 6.45) is -0.415. The number of benzene rings is 2. The van der Waals surface area contributed by atoms with Gasteiger partial charge in [0.25, 0.3) is 15.9 Å². The molecule has 2 aromatic carbocycles. The lowest BCUT2D eigenvalue weighted by atomic mass is 9.95. The van der Waals surface area contributed by atoms with Gasteiger partial charge in [-0.2, -0.15) is 0 Å². The number of esters is 1. The first-order valence-corrected chi connectivity index (χ1v) is 15.2. The Morgan fingerprint density at radius 3 is 2.43 bits per heavy atom. The van der Waals surface area contributed by atoms with Crippen molar-refractivity contribution in [1.29, 1.82) is 0 Å². The van der Waals surface area contributed by atoms with Gasteiger partial charge in [0, 0.05) is 47.9 Å². The first kappa shape index (κ1) is 29.4. The molecular formula is C29H29ClN6O5S. The largest absolute Gasteiger partial charge is 0.449 e. The van der Waals surface area contributed by atoms with Gasteiger partial charge in [0.2, 0.25) is 0 Å². The van der Waals surface area contributed by atoms with Crippen molar-refractivity contribution in [3.05, 3.63) is 82.6 Å². The second kappa shape index (κ2) is 12.0. The van der Waals surface area contributed by atoms with E-state index < -0.39 is 28.0 Å². The molecule has 0 bridgehead atoms.